The normalized spacial score (nSPS) is 11.9. The van der Waals surface area contributed by atoms with E-state index in [0.717, 1.165) is 23.8 Å². The van der Waals surface area contributed by atoms with E-state index >= 15 is 0 Å². The summed E-state index contributed by atoms with van der Waals surface area (Å²) in [5, 5.41) is 0.968. The van der Waals surface area contributed by atoms with E-state index in [0.29, 0.717) is 17.0 Å². The zero-order valence-corrected chi connectivity index (χ0v) is 13.0. The van der Waals surface area contributed by atoms with Crippen molar-refractivity contribution in [2.45, 2.75) is 17.7 Å². The Hall–Kier alpha value is -2.11. The van der Waals surface area contributed by atoms with Crippen molar-refractivity contribution in [3.63, 3.8) is 0 Å². The third-order valence-corrected chi connectivity index (χ3v) is 5.44. The summed E-state index contributed by atoms with van der Waals surface area (Å²) in [6.07, 6.45) is 3.36. The van der Waals surface area contributed by atoms with Gasteiger partial charge in [-0.15, -0.1) is 0 Å². The van der Waals surface area contributed by atoms with Crippen molar-refractivity contribution >= 4 is 20.9 Å². The van der Waals surface area contributed by atoms with Crippen LogP contribution in [0.25, 0.3) is 10.9 Å². The Kier molecular flexibility index (Phi) is 4.00. The largest absolute Gasteiger partial charge is 0.330 e. The third kappa shape index (κ3) is 2.53. The minimum Gasteiger partial charge on any atom is -0.330 e. The molecule has 0 aliphatic carbocycles. The number of fused-ring (bicyclic) bond motifs is 1. The Bertz CT molecular complexity index is 883. The molecule has 0 atom stereocenters. The number of hydrogen-bond acceptors (Lipinski definition) is 3. The van der Waals surface area contributed by atoms with Crippen LogP contribution in [0, 0.1) is 0 Å². The van der Waals surface area contributed by atoms with Gasteiger partial charge in [-0.3, -0.25) is 0 Å². The van der Waals surface area contributed by atoms with Crippen molar-refractivity contribution in [2.24, 2.45) is 5.73 Å². The minimum absolute atomic E-state index is 0.292. The van der Waals surface area contributed by atoms with Crippen LogP contribution in [-0.4, -0.2) is 18.9 Å². The fourth-order valence-electron chi connectivity index (χ4n) is 2.63. The van der Waals surface area contributed by atoms with E-state index in [1.54, 1.807) is 36.5 Å². The molecule has 0 radical (unpaired) electrons. The number of nitrogens with two attached hydrogens (primary N) is 1. The molecule has 0 aliphatic rings. The van der Waals surface area contributed by atoms with Crippen LogP contribution in [0.4, 0.5) is 0 Å². The molecular weight excluding hydrogens is 296 g/mol. The molecule has 4 nitrogen and oxygen atoms in total. The van der Waals surface area contributed by atoms with E-state index in [1.807, 2.05) is 24.3 Å². The predicted octanol–water partition coefficient (Wildman–Crippen LogP) is 2.77. The third-order valence-electron chi connectivity index (χ3n) is 3.74. The molecule has 5 heteroatoms. The van der Waals surface area contributed by atoms with Crippen molar-refractivity contribution in [3.05, 3.63) is 66.4 Å². The van der Waals surface area contributed by atoms with Crippen molar-refractivity contribution in [1.29, 1.82) is 0 Å². The monoisotopic (exact) mass is 314 g/mol. The van der Waals surface area contributed by atoms with Gasteiger partial charge in [0.25, 0.3) is 10.0 Å². The van der Waals surface area contributed by atoms with Crippen molar-refractivity contribution in [1.82, 2.24) is 3.97 Å². The van der Waals surface area contributed by atoms with E-state index in [-0.39, 0.29) is 0 Å². The molecule has 0 amide bonds. The second kappa shape index (κ2) is 5.94. The van der Waals surface area contributed by atoms with Gasteiger partial charge in [-0.25, -0.2) is 12.4 Å². The highest BCUT2D eigenvalue weighted by atomic mass is 32.2. The maximum Gasteiger partial charge on any atom is 0.268 e. The molecular formula is C17H18N2O2S. The quantitative estimate of drug-likeness (QED) is 0.787. The summed E-state index contributed by atoms with van der Waals surface area (Å²) in [6.45, 7) is 0.624. The molecule has 0 aliphatic heterocycles. The maximum absolute atomic E-state index is 12.8. The number of aryl methyl sites for hydroxylation is 1. The van der Waals surface area contributed by atoms with Gasteiger partial charge in [0.15, 0.2) is 0 Å². The van der Waals surface area contributed by atoms with Crippen LogP contribution in [-0.2, 0) is 16.4 Å². The van der Waals surface area contributed by atoms with Crippen LogP contribution in [0.5, 0.6) is 0 Å². The van der Waals surface area contributed by atoms with Gasteiger partial charge in [0.1, 0.15) is 0 Å². The lowest BCUT2D eigenvalue weighted by molar-refractivity contribution is 0.589. The second-order valence-corrected chi connectivity index (χ2v) is 6.99. The van der Waals surface area contributed by atoms with Crippen LogP contribution < -0.4 is 5.73 Å². The van der Waals surface area contributed by atoms with E-state index in [1.165, 1.54) is 3.97 Å². The highest BCUT2D eigenvalue weighted by Crippen LogP contribution is 2.25. The first kappa shape index (κ1) is 14.8. The van der Waals surface area contributed by atoms with Crippen LogP contribution in [0.1, 0.15) is 12.0 Å². The zero-order chi connectivity index (χ0) is 15.6. The molecule has 0 saturated heterocycles. The Morgan fingerprint density at radius 2 is 1.73 bits per heavy atom. The van der Waals surface area contributed by atoms with Gasteiger partial charge >= 0.3 is 0 Å². The molecule has 22 heavy (non-hydrogen) atoms. The highest BCUT2D eigenvalue weighted by molar-refractivity contribution is 7.90. The van der Waals surface area contributed by atoms with Crippen LogP contribution >= 0.6 is 0 Å². The molecule has 0 fully saturated rings. The Labute approximate surface area is 130 Å². The molecule has 114 valence electrons. The molecule has 0 unspecified atom stereocenters. The van der Waals surface area contributed by atoms with Gasteiger partial charge < -0.3 is 5.73 Å². The molecule has 2 aromatic carbocycles. The zero-order valence-electron chi connectivity index (χ0n) is 12.1. The SMILES string of the molecule is NCCCc1cccc2c1ccn2S(=O)(=O)c1ccccc1. The first-order chi connectivity index (χ1) is 10.6. The molecule has 3 aromatic rings. The molecule has 0 bridgehead atoms. The highest BCUT2D eigenvalue weighted by Gasteiger charge is 2.18. The van der Waals surface area contributed by atoms with Gasteiger partial charge in [0.05, 0.1) is 10.4 Å². The van der Waals surface area contributed by atoms with Crippen molar-refractivity contribution < 1.29 is 8.42 Å². The van der Waals surface area contributed by atoms with Crippen LogP contribution in [0.15, 0.2) is 65.7 Å². The summed E-state index contributed by atoms with van der Waals surface area (Å²) in [5.74, 6) is 0. The number of hydrogen-bond donors (Lipinski definition) is 1. The maximum atomic E-state index is 12.8. The van der Waals surface area contributed by atoms with Crippen LogP contribution in [0.2, 0.25) is 0 Å². The first-order valence-corrected chi connectivity index (χ1v) is 8.68. The molecule has 1 aromatic heterocycles. The fourth-order valence-corrected chi connectivity index (χ4v) is 4.00. The predicted molar refractivity (Wildman–Crippen MR) is 88.3 cm³/mol. The first-order valence-electron chi connectivity index (χ1n) is 7.24. The summed E-state index contributed by atoms with van der Waals surface area (Å²) in [4.78, 5) is 0.292. The lowest BCUT2D eigenvalue weighted by atomic mass is 10.1. The summed E-state index contributed by atoms with van der Waals surface area (Å²) in [5.41, 5.74) is 7.41. The molecule has 3 rings (SSSR count). The van der Waals surface area contributed by atoms with Gasteiger partial charge in [0.2, 0.25) is 0 Å². The fraction of sp³-hybridized carbons (Fsp3) is 0.176. The number of nitrogens with zero attached hydrogens (tertiary/aromatic N) is 1. The average molecular weight is 314 g/mol. The number of aromatic nitrogens is 1. The molecule has 0 spiro atoms. The Balaban J connectivity index is 2.13. The summed E-state index contributed by atoms with van der Waals surface area (Å²) in [6, 6.07) is 16.1. The van der Waals surface area contributed by atoms with E-state index in [4.69, 9.17) is 5.73 Å². The molecule has 1 heterocycles. The lowest BCUT2D eigenvalue weighted by Gasteiger charge is -2.08. The van der Waals surface area contributed by atoms with Gasteiger partial charge in [0, 0.05) is 11.6 Å². The van der Waals surface area contributed by atoms with E-state index in [9.17, 15) is 8.42 Å². The Morgan fingerprint density at radius 3 is 2.45 bits per heavy atom. The lowest BCUT2D eigenvalue weighted by Crippen LogP contribution is -2.11. The minimum atomic E-state index is -3.57. The summed E-state index contributed by atoms with van der Waals surface area (Å²) < 4.78 is 26.9. The van der Waals surface area contributed by atoms with E-state index < -0.39 is 10.0 Å². The smallest absolute Gasteiger partial charge is 0.268 e. The van der Waals surface area contributed by atoms with Gasteiger partial charge in [-0.05, 0) is 49.2 Å². The summed E-state index contributed by atoms with van der Waals surface area (Å²) >= 11 is 0. The van der Waals surface area contributed by atoms with Crippen molar-refractivity contribution in [2.75, 3.05) is 6.54 Å². The standard InChI is InChI=1S/C17H18N2O2S/c18-12-5-7-14-6-4-10-17-16(14)11-13-19(17)22(20,21)15-8-2-1-3-9-15/h1-4,6,8-11,13H,5,7,12,18H2. The van der Waals surface area contributed by atoms with E-state index in [2.05, 4.69) is 0 Å². The molecule has 2 N–H and O–H groups in total. The van der Waals surface area contributed by atoms with Gasteiger partial charge in [-0.2, -0.15) is 0 Å². The second-order valence-electron chi connectivity index (χ2n) is 5.17. The average Bonchev–Trinajstić information content (AvgIpc) is 2.99. The molecule has 0 saturated carbocycles. The van der Waals surface area contributed by atoms with Crippen molar-refractivity contribution in [3.8, 4) is 0 Å². The topological polar surface area (TPSA) is 65.1 Å². The van der Waals surface area contributed by atoms with Crippen LogP contribution in [0.3, 0.4) is 0 Å². The summed E-state index contributed by atoms with van der Waals surface area (Å²) in [7, 11) is -3.57. The van der Waals surface area contributed by atoms with Gasteiger partial charge in [-0.1, -0.05) is 30.3 Å². The number of rotatable bonds is 5. The Morgan fingerprint density at radius 1 is 0.955 bits per heavy atom. The number of benzene rings is 2.